The summed E-state index contributed by atoms with van der Waals surface area (Å²) in [5.41, 5.74) is 1.12. The predicted molar refractivity (Wildman–Crippen MR) is 73.5 cm³/mol. The molecular weight excluding hydrogens is 258 g/mol. The number of ether oxygens (including phenoxy) is 1. The molecule has 1 amide bonds. The molecule has 2 atom stereocenters. The van der Waals surface area contributed by atoms with Crippen molar-refractivity contribution < 1.29 is 19.4 Å². The van der Waals surface area contributed by atoms with Gasteiger partial charge in [-0.25, -0.2) is 0 Å². The average molecular weight is 277 g/mol. The number of benzene rings is 1. The van der Waals surface area contributed by atoms with Crippen molar-refractivity contribution in [3.8, 4) is 5.75 Å². The number of likely N-dealkylation sites (N-methyl/N-ethyl adjacent to an activating group) is 1. The molecule has 0 spiro atoms. The molecule has 0 bridgehead atoms. The van der Waals surface area contributed by atoms with E-state index in [1.54, 1.807) is 11.9 Å². The number of amides is 1. The minimum atomic E-state index is -0.882. The van der Waals surface area contributed by atoms with Gasteiger partial charge in [0.15, 0.2) is 0 Å². The fourth-order valence-electron chi connectivity index (χ4n) is 2.14. The van der Waals surface area contributed by atoms with Crippen molar-refractivity contribution in [2.24, 2.45) is 11.8 Å². The Labute approximate surface area is 118 Å². The lowest BCUT2D eigenvalue weighted by Crippen LogP contribution is -2.32. The van der Waals surface area contributed by atoms with Gasteiger partial charge in [0.2, 0.25) is 5.91 Å². The van der Waals surface area contributed by atoms with Crippen molar-refractivity contribution >= 4 is 11.9 Å². The smallest absolute Gasteiger partial charge is 0.307 e. The molecule has 2 rings (SSSR count). The number of hydrogen-bond acceptors (Lipinski definition) is 3. The number of nitrogens with zero attached hydrogens (tertiary/aromatic N) is 1. The fraction of sp³-hybridized carbons (Fsp3) is 0.467. The third-order valence-corrected chi connectivity index (χ3v) is 3.49. The van der Waals surface area contributed by atoms with Crippen molar-refractivity contribution in [1.82, 2.24) is 4.90 Å². The van der Waals surface area contributed by atoms with Gasteiger partial charge < -0.3 is 14.7 Å². The molecule has 1 N–H and O–H groups in total. The van der Waals surface area contributed by atoms with Gasteiger partial charge in [-0.1, -0.05) is 12.1 Å². The van der Waals surface area contributed by atoms with Gasteiger partial charge in [0.05, 0.1) is 18.4 Å². The van der Waals surface area contributed by atoms with Gasteiger partial charge in [0, 0.05) is 7.05 Å². The molecule has 108 valence electrons. The number of carbonyl (C=O) groups is 2. The van der Waals surface area contributed by atoms with Crippen LogP contribution in [0, 0.1) is 18.8 Å². The van der Waals surface area contributed by atoms with Crippen LogP contribution in [-0.4, -0.2) is 42.1 Å². The molecule has 0 saturated heterocycles. The quantitative estimate of drug-likeness (QED) is 0.856. The molecule has 1 aliphatic carbocycles. The first-order chi connectivity index (χ1) is 9.49. The first-order valence-electron chi connectivity index (χ1n) is 6.66. The monoisotopic (exact) mass is 277 g/mol. The maximum atomic E-state index is 11.9. The lowest BCUT2D eigenvalue weighted by atomic mass is 10.2. The van der Waals surface area contributed by atoms with Crippen LogP contribution in [0.25, 0.3) is 0 Å². The largest absolute Gasteiger partial charge is 0.492 e. The summed E-state index contributed by atoms with van der Waals surface area (Å²) in [5, 5.41) is 8.81. The Morgan fingerprint density at radius 1 is 1.40 bits per heavy atom. The van der Waals surface area contributed by atoms with Gasteiger partial charge in [-0.15, -0.1) is 0 Å². The van der Waals surface area contributed by atoms with E-state index in [-0.39, 0.29) is 11.8 Å². The molecule has 1 saturated carbocycles. The summed E-state index contributed by atoms with van der Waals surface area (Å²) >= 11 is 0. The maximum absolute atomic E-state index is 11.9. The molecule has 1 fully saturated rings. The van der Waals surface area contributed by atoms with Crippen LogP contribution < -0.4 is 4.74 Å². The molecule has 2 unspecified atom stereocenters. The highest BCUT2D eigenvalue weighted by molar-refractivity contribution is 5.89. The average Bonchev–Trinajstić information content (AvgIpc) is 3.18. The van der Waals surface area contributed by atoms with Crippen LogP contribution in [0.2, 0.25) is 0 Å². The van der Waals surface area contributed by atoms with Gasteiger partial charge in [-0.3, -0.25) is 9.59 Å². The van der Waals surface area contributed by atoms with Gasteiger partial charge in [-0.05, 0) is 31.0 Å². The molecule has 5 heteroatoms. The molecule has 1 aromatic rings. The number of carboxylic acid groups (broad SMARTS) is 1. The number of hydrogen-bond donors (Lipinski definition) is 1. The third-order valence-electron chi connectivity index (χ3n) is 3.49. The Bertz CT molecular complexity index is 514. The second kappa shape index (κ2) is 5.94. The summed E-state index contributed by atoms with van der Waals surface area (Å²) in [4.78, 5) is 24.2. The van der Waals surface area contributed by atoms with E-state index in [4.69, 9.17) is 9.84 Å². The minimum Gasteiger partial charge on any atom is -0.492 e. The topological polar surface area (TPSA) is 66.8 Å². The van der Waals surface area contributed by atoms with Crippen molar-refractivity contribution in [1.29, 1.82) is 0 Å². The van der Waals surface area contributed by atoms with Crippen LogP contribution in [0.5, 0.6) is 5.75 Å². The van der Waals surface area contributed by atoms with Crippen molar-refractivity contribution in [3.63, 3.8) is 0 Å². The molecule has 0 aliphatic heterocycles. The fourth-order valence-corrected chi connectivity index (χ4v) is 2.14. The molecule has 0 aromatic heterocycles. The second-order valence-corrected chi connectivity index (χ2v) is 5.21. The zero-order valence-corrected chi connectivity index (χ0v) is 11.7. The highest BCUT2D eigenvalue weighted by Gasteiger charge is 2.49. The second-order valence-electron chi connectivity index (χ2n) is 5.21. The third kappa shape index (κ3) is 3.50. The van der Waals surface area contributed by atoms with Crippen LogP contribution in [0.15, 0.2) is 24.3 Å². The van der Waals surface area contributed by atoms with Crippen LogP contribution in [0.1, 0.15) is 12.0 Å². The Hall–Kier alpha value is -2.04. The van der Waals surface area contributed by atoms with Gasteiger partial charge >= 0.3 is 5.97 Å². The first kappa shape index (κ1) is 14.4. The molecule has 0 heterocycles. The van der Waals surface area contributed by atoms with E-state index in [1.165, 1.54) is 0 Å². The van der Waals surface area contributed by atoms with E-state index in [9.17, 15) is 9.59 Å². The summed E-state index contributed by atoms with van der Waals surface area (Å²) in [6, 6.07) is 7.71. The van der Waals surface area contributed by atoms with Gasteiger partial charge in [-0.2, -0.15) is 0 Å². The maximum Gasteiger partial charge on any atom is 0.307 e. The van der Waals surface area contributed by atoms with E-state index >= 15 is 0 Å². The standard InChI is InChI=1S/C15H19NO4/c1-10-4-3-5-11(8-10)20-7-6-16(2)14(17)12-9-13(12)15(18)19/h3-5,8,12-13H,6-7,9H2,1-2H3,(H,18,19). The summed E-state index contributed by atoms with van der Waals surface area (Å²) in [6.07, 6.45) is 0.456. The highest BCUT2D eigenvalue weighted by atomic mass is 16.5. The van der Waals surface area contributed by atoms with Crippen LogP contribution in [0.3, 0.4) is 0 Å². The minimum absolute atomic E-state index is 0.106. The predicted octanol–water partition coefficient (Wildman–Crippen LogP) is 1.55. The lowest BCUT2D eigenvalue weighted by molar-refractivity contribution is -0.141. The SMILES string of the molecule is Cc1cccc(OCCN(C)C(=O)C2CC2C(=O)O)c1. The normalized spacial score (nSPS) is 20.3. The van der Waals surface area contributed by atoms with Crippen molar-refractivity contribution in [2.75, 3.05) is 20.2 Å². The Balaban J connectivity index is 1.74. The van der Waals surface area contributed by atoms with Crippen LogP contribution in [-0.2, 0) is 9.59 Å². The number of rotatable bonds is 6. The summed E-state index contributed by atoms with van der Waals surface area (Å²) < 4.78 is 5.57. The van der Waals surface area contributed by atoms with E-state index in [2.05, 4.69) is 0 Å². The van der Waals surface area contributed by atoms with Gasteiger partial charge in [0.25, 0.3) is 0 Å². The summed E-state index contributed by atoms with van der Waals surface area (Å²) in [6.45, 7) is 2.84. The summed E-state index contributed by atoms with van der Waals surface area (Å²) in [5.74, 6) is -1.06. The number of aryl methyl sites for hydroxylation is 1. The van der Waals surface area contributed by atoms with E-state index in [0.29, 0.717) is 19.6 Å². The van der Waals surface area contributed by atoms with E-state index in [0.717, 1.165) is 11.3 Å². The Kier molecular flexibility index (Phi) is 4.27. The van der Waals surface area contributed by atoms with Crippen molar-refractivity contribution in [2.45, 2.75) is 13.3 Å². The summed E-state index contributed by atoms with van der Waals surface area (Å²) in [7, 11) is 1.68. The zero-order chi connectivity index (χ0) is 14.7. The van der Waals surface area contributed by atoms with E-state index in [1.807, 2.05) is 31.2 Å². The van der Waals surface area contributed by atoms with Crippen molar-refractivity contribution in [3.05, 3.63) is 29.8 Å². The Morgan fingerprint density at radius 3 is 2.75 bits per heavy atom. The van der Waals surface area contributed by atoms with Crippen LogP contribution in [0.4, 0.5) is 0 Å². The molecule has 1 aliphatic rings. The number of carboxylic acids is 1. The zero-order valence-electron chi connectivity index (χ0n) is 11.7. The van der Waals surface area contributed by atoms with Crippen LogP contribution >= 0.6 is 0 Å². The molecule has 1 aromatic carbocycles. The lowest BCUT2D eigenvalue weighted by Gasteiger charge is -2.17. The molecule has 0 radical (unpaired) electrons. The Morgan fingerprint density at radius 2 is 2.15 bits per heavy atom. The number of carbonyl (C=O) groups excluding carboxylic acids is 1. The van der Waals surface area contributed by atoms with E-state index < -0.39 is 11.9 Å². The first-order valence-corrected chi connectivity index (χ1v) is 6.66. The molecular formula is C15H19NO4. The molecule has 20 heavy (non-hydrogen) atoms. The van der Waals surface area contributed by atoms with Gasteiger partial charge in [0.1, 0.15) is 12.4 Å². The highest BCUT2D eigenvalue weighted by Crippen LogP contribution is 2.39. The molecule has 5 nitrogen and oxygen atoms in total. The number of aliphatic carboxylic acids is 1.